The van der Waals surface area contributed by atoms with Crippen molar-refractivity contribution in [2.24, 2.45) is 0 Å². The fraction of sp³-hybridized carbons (Fsp3) is 0.294. The molecule has 0 bridgehead atoms. The van der Waals surface area contributed by atoms with Gasteiger partial charge >= 0.3 is 5.97 Å². The maximum atomic E-state index is 12.0. The Labute approximate surface area is 129 Å². The third-order valence-electron chi connectivity index (χ3n) is 3.29. The first-order valence-electron chi connectivity index (χ1n) is 7.04. The van der Waals surface area contributed by atoms with Crippen molar-refractivity contribution in [1.82, 2.24) is 5.32 Å². The molecule has 1 amide bonds. The normalized spacial score (nSPS) is 11.8. The van der Waals surface area contributed by atoms with Crippen LogP contribution in [-0.2, 0) is 9.53 Å². The van der Waals surface area contributed by atoms with Gasteiger partial charge in [0.1, 0.15) is 5.76 Å². The van der Waals surface area contributed by atoms with Crippen molar-refractivity contribution in [1.29, 1.82) is 0 Å². The van der Waals surface area contributed by atoms with E-state index in [0.29, 0.717) is 11.3 Å². The summed E-state index contributed by atoms with van der Waals surface area (Å²) >= 11 is 0. The molecule has 1 aromatic heterocycles. The Kier molecular flexibility index (Phi) is 4.99. The van der Waals surface area contributed by atoms with Crippen molar-refractivity contribution >= 4 is 11.9 Å². The highest BCUT2D eigenvalue weighted by atomic mass is 16.5. The van der Waals surface area contributed by atoms with Gasteiger partial charge in [-0.3, -0.25) is 4.79 Å². The van der Waals surface area contributed by atoms with Crippen LogP contribution in [0.4, 0.5) is 0 Å². The van der Waals surface area contributed by atoms with E-state index >= 15 is 0 Å². The summed E-state index contributed by atoms with van der Waals surface area (Å²) < 4.78 is 10.3. The highest BCUT2D eigenvalue weighted by Crippen LogP contribution is 2.13. The Morgan fingerprint density at radius 2 is 2.05 bits per heavy atom. The van der Waals surface area contributed by atoms with E-state index in [1.165, 1.54) is 0 Å². The van der Waals surface area contributed by atoms with E-state index in [1.54, 1.807) is 31.4 Å². The maximum absolute atomic E-state index is 12.0. The zero-order valence-corrected chi connectivity index (χ0v) is 12.9. The molecule has 0 unspecified atom stereocenters. The second kappa shape index (κ2) is 6.93. The molecule has 1 heterocycles. The number of hydrogen-bond acceptors (Lipinski definition) is 4. The van der Waals surface area contributed by atoms with E-state index in [0.717, 1.165) is 11.1 Å². The number of nitrogens with one attached hydrogen (secondary N) is 1. The van der Waals surface area contributed by atoms with Gasteiger partial charge in [0.15, 0.2) is 6.61 Å². The molecule has 22 heavy (non-hydrogen) atoms. The summed E-state index contributed by atoms with van der Waals surface area (Å²) in [6, 6.07) is 8.77. The summed E-state index contributed by atoms with van der Waals surface area (Å²) in [5.74, 6) is -0.223. The lowest BCUT2D eigenvalue weighted by molar-refractivity contribution is -0.125. The molecule has 0 spiro atoms. The van der Waals surface area contributed by atoms with Crippen LogP contribution < -0.4 is 5.32 Å². The minimum atomic E-state index is -0.498. The molecule has 0 saturated heterocycles. The van der Waals surface area contributed by atoms with Crippen LogP contribution in [0.3, 0.4) is 0 Å². The third-order valence-corrected chi connectivity index (χ3v) is 3.29. The third kappa shape index (κ3) is 3.97. The number of rotatable bonds is 5. The Morgan fingerprint density at radius 1 is 1.27 bits per heavy atom. The molecule has 1 aromatic carbocycles. The molecule has 5 nitrogen and oxygen atoms in total. The van der Waals surface area contributed by atoms with Crippen molar-refractivity contribution in [3.8, 4) is 0 Å². The van der Waals surface area contributed by atoms with Crippen LogP contribution in [-0.4, -0.2) is 18.5 Å². The summed E-state index contributed by atoms with van der Waals surface area (Å²) in [6.07, 6.45) is 1.54. The van der Waals surface area contributed by atoms with Crippen molar-refractivity contribution in [3.63, 3.8) is 0 Å². The van der Waals surface area contributed by atoms with E-state index < -0.39 is 5.97 Å². The molecule has 2 aromatic rings. The van der Waals surface area contributed by atoms with Gasteiger partial charge < -0.3 is 14.5 Å². The molecule has 0 aliphatic rings. The van der Waals surface area contributed by atoms with Gasteiger partial charge in [-0.15, -0.1) is 0 Å². The molecule has 1 N–H and O–H groups in total. The molecule has 0 radical (unpaired) electrons. The standard InChI is InChI=1S/C17H19NO4/c1-11-6-7-12(2)14(9-11)17(20)22-10-16(19)18-13(3)15-5-4-8-21-15/h4-9,13H,10H2,1-3H3,(H,18,19)/t13-/m1/s1. The highest BCUT2D eigenvalue weighted by molar-refractivity contribution is 5.92. The lowest BCUT2D eigenvalue weighted by Gasteiger charge is -2.12. The fourth-order valence-corrected chi connectivity index (χ4v) is 2.06. The number of amides is 1. The second-order valence-electron chi connectivity index (χ2n) is 5.20. The SMILES string of the molecule is Cc1ccc(C)c(C(=O)OCC(=O)N[C@H](C)c2ccco2)c1. The summed E-state index contributed by atoms with van der Waals surface area (Å²) in [4.78, 5) is 23.8. The van der Waals surface area contributed by atoms with Gasteiger partial charge in [0.2, 0.25) is 0 Å². The van der Waals surface area contributed by atoms with Gasteiger partial charge in [-0.05, 0) is 44.5 Å². The summed E-state index contributed by atoms with van der Waals surface area (Å²) in [5, 5.41) is 2.71. The topological polar surface area (TPSA) is 68.5 Å². The number of benzene rings is 1. The van der Waals surface area contributed by atoms with E-state index in [2.05, 4.69) is 5.32 Å². The average Bonchev–Trinajstić information content (AvgIpc) is 3.01. The average molecular weight is 301 g/mol. The van der Waals surface area contributed by atoms with Gasteiger partial charge in [0, 0.05) is 0 Å². The summed E-state index contributed by atoms with van der Waals surface area (Å²) in [6.45, 7) is 5.20. The van der Waals surface area contributed by atoms with Gasteiger partial charge in [0.25, 0.3) is 5.91 Å². The van der Waals surface area contributed by atoms with Crippen molar-refractivity contribution in [2.45, 2.75) is 26.8 Å². The van der Waals surface area contributed by atoms with Gasteiger partial charge in [-0.1, -0.05) is 17.7 Å². The Balaban J connectivity index is 1.88. The van der Waals surface area contributed by atoms with Crippen LogP contribution in [0.2, 0.25) is 0 Å². The molecule has 0 aliphatic carbocycles. The Morgan fingerprint density at radius 3 is 2.73 bits per heavy atom. The van der Waals surface area contributed by atoms with Crippen molar-refractivity contribution in [2.75, 3.05) is 6.61 Å². The minimum Gasteiger partial charge on any atom is -0.467 e. The zero-order chi connectivity index (χ0) is 16.1. The number of furan rings is 1. The number of carbonyl (C=O) groups excluding carboxylic acids is 2. The molecule has 1 atom stereocenters. The van der Waals surface area contributed by atoms with E-state index in [9.17, 15) is 9.59 Å². The van der Waals surface area contributed by atoms with E-state index in [1.807, 2.05) is 26.0 Å². The molecule has 116 valence electrons. The number of ether oxygens (including phenoxy) is 1. The van der Waals surface area contributed by atoms with E-state index in [-0.39, 0.29) is 18.6 Å². The smallest absolute Gasteiger partial charge is 0.338 e. The summed E-state index contributed by atoms with van der Waals surface area (Å²) in [5.41, 5.74) is 2.26. The fourth-order valence-electron chi connectivity index (χ4n) is 2.06. The number of hydrogen-bond donors (Lipinski definition) is 1. The maximum Gasteiger partial charge on any atom is 0.338 e. The molecular weight excluding hydrogens is 282 g/mol. The minimum absolute atomic E-state index is 0.276. The lowest BCUT2D eigenvalue weighted by atomic mass is 10.1. The van der Waals surface area contributed by atoms with Crippen LogP contribution in [0.25, 0.3) is 0 Å². The highest BCUT2D eigenvalue weighted by Gasteiger charge is 2.15. The van der Waals surface area contributed by atoms with Gasteiger partial charge in [0.05, 0.1) is 17.9 Å². The van der Waals surface area contributed by atoms with Crippen LogP contribution in [0, 0.1) is 13.8 Å². The van der Waals surface area contributed by atoms with Crippen LogP contribution in [0.15, 0.2) is 41.0 Å². The van der Waals surface area contributed by atoms with Crippen LogP contribution in [0.1, 0.15) is 40.2 Å². The number of esters is 1. The molecule has 0 aliphatic heterocycles. The Bertz CT molecular complexity index is 661. The largest absolute Gasteiger partial charge is 0.467 e. The molecule has 5 heteroatoms. The molecule has 0 saturated carbocycles. The predicted octanol–water partition coefficient (Wildman–Crippen LogP) is 2.93. The molecular formula is C17H19NO4. The molecule has 0 fully saturated rings. The lowest BCUT2D eigenvalue weighted by Crippen LogP contribution is -2.31. The Hall–Kier alpha value is -2.56. The van der Waals surface area contributed by atoms with Crippen LogP contribution in [0.5, 0.6) is 0 Å². The first-order valence-corrected chi connectivity index (χ1v) is 7.04. The number of aryl methyl sites for hydroxylation is 2. The van der Waals surface area contributed by atoms with Gasteiger partial charge in [-0.2, -0.15) is 0 Å². The monoisotopic (exact) mass is 301 g/mol. The van der Waals surface area contributed by atoms with Crippen LogP contribution >= 0.6 is 0 Å². The molecule has 2 rings (SSSR count). The predicted molar refractivity (Wildman–Crippen MR) is 81.5 cm³/mol. The van der Waals surface area contributed by atoms with E-state index in [4.69, 9.17) is 9.15 Å². The van der Waals surface area contributed by atoms with Gasteiger partial charge in [-0.25, -0.2) is 4.79 Å². The second-order valence-corrected chi connectivity index (χ2v) is 5.20. The van der Waals surface area contributed by atoms with Crippen molar-refractivity contribution in [3.05, 3.63) is 59.0 Å². The first-order chi connectivity index (χ1) is 10.5. The zero-order valence-electron chi connectivity index (χ0n) is 12.9. The quantitative estimate of drug-likeness (QED) is 0.862. The van der Waals surface area contributed by atoms with Crippen molar-refractivity contribution < 1.29 is 18.7 Å². The number of carbonyl (C=O) groups is 2. The summed E-state index contributed by atoms with van der Waals surface area (Å²) in [7, 11) is 0. The first kappa shape index (κ1) is 15.8.